The van der Waals surface area contributed by atoms with Crippen LogP contribution in [0.1, 0.15) is 23.7 Å². The van der Waals surface area contributed by atoms with Gasteiger partial charge in [-0.2, -0.15) is 0 Å². The number of carbonyl (C=O) groups excluding carboxylic acids is 2. The Bertz CT molecular complexity index is 825. The van der Waals surface area contributed by atoms with Crippen molar-refractivity contribution < 1.29 is 28.5 Å². The number of epoxide rings is 1. The number of hydrogen-bond acceptors (Lipinski definition) is 7. The van der Waals surface area contributed by atoms with Crippen molar-refractivity contribution in [2.75, 3.05) is 7.11 Å². The molecule has 142 valence electrons. The number of hydrogen-bond donors (Lipinski definition) is 1. The molecular formula is C19H19NO6S. The van der Waals surface area contributed by atoms with Crippen LogP contribution in [0.4, 0.5) is 0 Å². The van der Waals surface area contributed by atoms with Crippen LogP contribution in [0.5, 0.6) is 0 Å². The van der Waals surface area contributed by atoms with Crippen molar-refractivity contribution in [3.05, 3.63) is 47.7 Å². The third-order valence-corrected chi connectivity index (χ3v) is 5.66. The molecule has 1 aliphatic carbocycles. The number of fused-ring (bicyclic) bond motifs is 3. The molecule has 1 amide bonds. The maximum Gasteiger partial charge on any atom is 0.337 e. The Morgan fingerprint density at radius 3 is 2.74 bits per heavy atom. The van der Waals surface area contributed by atoms with E-state index in [0.717, 1.165) is 0 Å². The van der Waals surface area contributed by atoms with Crippen molar-refractivity contribution in [1.29, 1.82) is 0 Å². The fourth-order valence-corrected chi connectivity index (χ4v) is 4.21. The molecule has 0 bridgehead atoms. The standard InChI is InChI=1S/C19H19NO6S/c1-19-13(26-19)8-11-12(16(22)23-2)9-24-17(14(11)19)25-18(27)20-15(21)10-6-4-3-5-7-10/h3-7,9,11,13-14,17H,8H2,1-2H3,(H,20,21,27). The molecule has 1 aromatic rings. The van der Waals surface area contributed by atoms with Crippen molar-refractivity contribution in [2.24, 2.45) is 11.8 Å². The Morgan fingerprint density at radius 2 is 2.04 bits per heavy atom. The molecule has 2 heterocycles. The zero-order chi connectivity index (χ0) is 19.2. The summed E-state index contributed by atoms with van der Waals surface area (Å²) in [7, 11) is 1.34. The summed E-state index contributed by atoms with van der Waals surface area (Å²) in [4.78, 5) is 24.3. The molecule has 27 heavy (non-hydrogen) atoms. The molecule has 1 N–H and O–H groups in total. The average Bonchev–Trinajstić information content (AvgIpc) is 3.22. The van der Waals surface area contributed by atoms with Gasteiger partial charge in [0.2, 0.25) is 6.29 Å². The van der Waals surface area contributed by atoms with Gasteiger partial charge < -0.3 is 18.9 Å². The summed E-state index contributed by atoms with van der Waals surface area (Å²) < 4.78 is 22.0. The summed E-state index contributed by atoms with van der Waals surface area (Å²) in [5.74, 6) is -1.12. The lowest BCUT2D eigenvalue weighted by Crippen LogP contribution is -2.45. The third kappa shape index (κ3) is 3.08. The van der Waals surface area contributed by atoms with Crippen LogP contribution in [0.2, 0.25) is 0 Å². The zero-order valence-corrected chi connectivity index (χ0v) is 15.7. The number of benzene rings is 1. The fourth-order valence-electron chi connectivity index (χ4n) is 4.03. The van der Waals surface area contributed by atoms with Gasteiger partial charge in [-0.25, -0.2) is 4.79 Å². The molecule has 2 fully saturated rings. The number of amides is 1. The molecule has 0 aromatic heterocycles. The molecule has 7 nitrogen and oxygen atoms in total. The Balaban J connectivity index is 1.47. The predicted octanol–water partition coefficient (Wildman–Crippen LogP) is 1.92. The maximum absolute atomic E-state index is 12.2. The summed E-state index contributed by atoms with van der Waals surface area (Å²) in [5, 5.41) is 2.46. The van der Waals surface area contributed by atoms with Crippen LogP contribution < -0.4 is 5.32 Å². The normalized spacial score (nSPS) is 32.9. The van der Waals surface area contributed by atoms with Gasteiger partial charge in [0, 0.05) is 11.5 Å². The van der Waals surface area contributed by atoms with Crippen molar-refractivity contribution in [1.82, 2.24) is 5.32 Å². The van der Waals surface area contributed by atoms with E-state index < -0.39 is 17.9 Å². The molecule has 1 aromatic carbocycles. The van der Waals surface area contributed by atoms with Gasteiger partial charge in [0.1, 0.15) is 5.60 Å². The van der Waals surface area contributed by atoms with E-state index in [1.165, 1.54) is 13.4 Å². The largest absolute Gasteiger partial charge is 0.466 e. The average molecular weight is 389 g/mol. The van der Waals surface area contributed by atoms with Gasteiger partial charge in [0.25, 0.3) is 11.1 Å². The maximum atomic E-state index is 12.2. The molecule has 5 unspecified atom stereocenters. The number of carbonyl (C=O) groups is 2. The van der Waals surface area contributed by atoms with E-state index in [1.807, 2.05) is 13.0 Å². The summed E-state index contributed by atoms with van der Waals surface area (Å²) in [5.41, 5.74) is 0.498. The molecule has 0 spiro atoms. The van der Waals surface area contributed by atoms with Gasteiger partial charge in [-0.15, -0.1) is 0 Å². The number of thiocarbonyl (C=S) groups is 1. The van der Waals surface area contributed by atoms with E-state index in [-0.39, 0.29) is 29.0 Å². The Labute approximate surface area is 161 Å². The molecule has 5 atom stereocenters. The smallest absolute Gasteiger partial charge is 0.337 e. The van der Waals surface area contributed by atoms with Crippen molar-refractivity contribution in [3.8, 4) is 0 Å². The van der Waals surface area contributed by atoms with E-state index in [9.17, 15) is 9.59 Å². The monoisotopic (exact) mass is 389 g/mol. The highest BCUT2D eigenvalue weighted by atomic mass is 32.1. The fraction of sp³-hybridized carbons (Fsp3) is 0.421. The topological polar surface area (TPSA) is 86.4 Å². The van der Waals surface area contributed by atoms with Crippen LogP contribution in [0.25, 0.3) is 0 Å². The van der Waals surface area contributed by atoms with Crippen LogP contribution in [-0.4, -0.2) is 42.2 Å². The molecule has 1 saturated heterocycles. The van der Waals surface area contributed by atoms with Crippen LogP contribution in [0.15, 0.2) is 42.2 Å². The Morgan fingerprint density at radius 1 is 1.30 bits per heavy atom. The van der Waals surface area contributed by atoms with E-state index in [1.54, 1.807) is 24.3 Å². The van der Waals surface area contributed by atoms with Crippen molar-refractivity contribution in [3.63, 3.8) is 0 Å². The summed E-state index contributed by atoms with van der Waals surface area (Å²) >= 11 is 5.18. The Hall–Kier alpha value is -2.45. The third-order valence-electron chi connectivity index (χ3n) is 5.46. The van der Waals surface area contributed by atoms with Gasteiger partial charge in [0.05, 0.1) is 31.0 Å². The molecule has 0 radical (unpaired) electrons. The van der Waals surface area contributed by atoms with Crippen molar-refractivity contribution >= 4 is 29.3 Å². The van der Waals surface area contributed by atoms with Crippen LogP contribution >= 0.6 is 12.2 Å². The molecule has 1 saturated carbocycles. The first-order valence-corrected chi connectivity index (χ1v) is 9.03. The highest BCUT2D eigenvalue weighted by Gasteiger charge is 2.70. The SMILES string of the molecule is COC(=O)C1=COC(OC(=S)NC(=O)c2ccccc2)C2C1CC1OC12C. The molecule has 3 aliphatic rings. The first-order chi connectivity index (χ1) is 12.9. The quantitative estimate of drug-likeness (QED) is 0.480. The number of methoxy groups -OCH3 is 1. The highest BCUT2D eigenvalue weighted by Crippen LogP contribution is 2.61. The van der Waals surface area contributed by atoms with Gasteiger partial charge >= 0.3 is 5.97 Å². The first kappa shape index (κ1) is 17.9. The van der Waals surface area contributed by atoms with Crippen LogP contribution in [0.3, 0.4) is 0 Å². The van der Waals surface area contributed by atoms with E-state index in [4.69, 9.17) is 31.2 Å². The molecule has 8 heteroatoms. The van der Waals surface area contributed by atoms with Crippen LogP contribution in [-0.2, 0) is 23.7 Å². The molecule has 4 rings (SSSR count). The number of rotatable bonds is 3. The van der Waals surface area contributed by atoms with E-state index >= 15 is 0 Å². The summed E-state index contributed by atoms with van der Waals surface area (Å²) in [6.07, 6.45) is 1.34. The predicted molar refractivity (Wildman–Crippen MR) is 97.4 cm³/mol. The van der Waals surface area contributed by atoms with Gasteiger partial charge in [-0.3, -0.25) is 10.1 Å². The van der Waals surface area contributed by atoms with Crippen molar-refractivity contribution in [2.45, 2.75) is 31.3 Å². The molecular weight excluding hydrogens is 370 g/mol. The lowest BCUT2D eigenvalue weighted by molar-refractivity contribution is -0.146. The highest BCUT2D eigenvalue weighted by molar-refractivity contribution is 7.80. The minimum absolute atomic E-state index is 0.0424. The first-order valence-electron chi connectivity index (χ1n) is 8.62. The number of nitrogens with one attached hydrogen (secondary N) is 1. The Kier molecular flexibility index (Phi) is 4.39. The lowest BCUT2D eigenvalue weighted by Gasteiger charge is -2.36. The van der Waals surface area contributed by atoms with Crippen LogP contribution in [0, 0.1) is 11.8 Å². The summed E-state index contributed by atoms with van der Waals surface area (Å²) in [6.45, 7) is 1.97. The zero-order valence-electron chi connectivity index (χ0n) is 14.8. The van der Waals surface area contributed by atoms with E-state index in [0.29, 0.717) is 17.6 Å². The number of esters is 1. The summed E-state index contributed by atoms with van der Waals surface area (Å²) in [6, 6.07) is 8.70. The minimum Gasteiger partial charge on any atom is -0.466 e. The van der Waals surface area contributed by atoms with Gasteiger partial charge in [0.15, 0.2) is 0 Å². The number of ether oxygens (including phenoxy) is 4. The minimum atomic E-state index is -0.760. The van der Waals surface area contributed by atoms with Gasteiger partial charge in [-0.1, -0.05) is 18.2 Å². The second kappa shape index (κ2) is 6.61. The second-order valence-corrected chi connectivity index (χ2v) is 7.32. The molecule has 2 aliphatic heterocycles. The second-order valence-electron chi connectivity index (χ2n) is 6.95. The van der Waals surface area contributed by atoms with Gasteiger partial charge in [-0.05, 0) is 37.7 Å². The van der Waals surface area contributed by atoms with E-state index in [2.05, 4.69) is 5.32 Å². The lowest BCUT2D eigenvalue weighted by atomic mass is 9.82.